The lowest BCUT2D eigenvalue weighted by Gasteiger charge is -2.24. The number of guanidine groups is 1. The van der Waals surface area contributed by atoms with Gasteiger partial charge in [-0.1, -0.05) is 19.3 Å². The van der Waals surface area contributed by atoms with E-state index in [-0.39, 0.29) is 24.0 Å². The molecule has 4 nitrogen and oxygen atoms in total. The van der Waals surface area contributed by atoms with Crippen LogP contribution in [0, 0.1) is 0 Å². The first-order chi connectivity index (χ1) is 10.6. The molecule has 0 aliphatic carbocycles. The summed E-state index contributed by atoms with van der Waals surface area (Å²) in [5.41, 5.74) is 0. The highest BCUT2D eigenvalue weighted by atomic mass is 127. The molecule has 0 aromatic rings. The maximum atomic E-state index is 4.33. The number of nitrogens with one attached hydrogen (secondary N) is 2. The summed E-state index contributed by atoms with van der Waals surface area (Å²) in [4.78, 5) is 6.59. The van der Waals surface area contributed by atoms with Crippen LogP contribution in [-0.2, 0) is 0 Å². The molecule has 1 atom stereocenters. The van der Waals surface area contributed by atoms with Gasteiger partial charge in [-0.25, -0.2) is 0 Å². The summed E-state index contributed by atoms with van der Waals surface area (Å²) < 4.78 is 0.393. The third-order valence-corrected chi connectivity index (χ3v) is 5.77. The molecule has 1 fully saturated rings. The van der Waals surface area contributed by atoms with Gasteiger partial charge in [0.25, 0.3) is 0 Å². The molecule has 0 aromatic carbocycles. The summed E-state index contributed by atoms with van der Waals surface area (Å²) in [7, 11) is 6.15. The number of unbranched alkanes of at least 4 members (excludes halogenated alkanes) is 4. The standard InChI is InChI=1S/C17H36N4S.HI/c1-17(11-10-14-22-17)15-20-16(18-2)19-12-8-6-5-7-9-13-21(3)4;/h5-15H2,1-4H3,(H2,18,19,20);1H. The summed E-state index contributed by atoms with van der Waals surface area (Å²) in [6.07, 6.45) is 9.22. The summed E-state index contributed by atoms with van der Waals surface area (Å²) >= 11 is 2.09. The molecule has 23 heavy (non-hydrogen) atoms. The van der Waals surface area contributed by atoms with E-state index in [2.05, 4.69) is 53.3 Å². The van der Waals surface area contributed by atoms with Gasteiger partial charge in [-0.15, -0.1) is 24.0 Å². The highest BCUT2D eigenvalue weighted by Crippen LogP contribution is 2.36. The number of rotatable bonds is 10. The van der Waals surface area contributed by atoms with Crippen molar-refractivity contribution in [3.05, 3.63) is 0 Å². The fourth-order valence-electron chi connectivity index (χ4n) is 2.76. The van der Waals surface area contributed by atoms with Crippen LogP contribution in [0.4, 0.5) is 0 Å². The van der Waals surface area contributed by atoms with Gasteiger partial charge in [-0.3, -0.25) is 4.99 Å². The Balaban J connectivity index is 0.00000484. The lowest BCUT2D eigenvalue weighted by molar-refractivity contribution is 0.389. The fraction of sp³-hybridized carbons (Fsp3) is 0.941. The lowest BCUT2D eigenvalue weighted by atomic mass is 10.1. The van der Waals surface area contributed by atoms with E-state index < -0.39 is 0 Å². The van der Waals surface area contributed by atoms with Crippen LogP contribution < -0.4 is 10.6 Å². The van der Waals surface area contributed by atoms with E-state index in [1.54, 1.807) is 0 Å². The van der Waals surface area contributed by atoms with Gasteiger partial charge in [0.15, 0.2) is 5.96 Å². The summed E-state index contributed by atoms with van der Waals surface area (Å²) in [6.45, 7) is 5.61. The summed E-state index contributed by atoms with van der Waals surface area (Å²) in [6, 6.07) is 0. The average Bonchev–Trinajstić information content (AvgIpc) is 2.91. The average molecular weight is 456 g/mol. The Hall–Kier alpha value is 0.310. The molecule has 1 heterocycles. The van der Waals surface area contributed by atoms with Gasteiger partial charge in [0.2, 0.25) is 0 Å². The first kappa shape index (κ1) is 23.3. The SMILES string of the molecule is CN=C(NCCCCCCCN(C)C)NCC1(C)CCCS1.I. The molecular formula is C17H37IN4S. The summed E-state index contributed by atoms with van der Waals surface area (Å²) in [5, 5.41) is 6.93. The molecule has 0 radical (unpaired) electrons. The zero-order valence-corrected chi connectivity index (χ0v) is 18.6. The van der Waals surface area contributed by atoms with Crippen molar-refractivity contribution in [1.29, 1.82) is 0 Å². The Labute approximate surface area is 165 Å². The van der Waals surface area contributed by atoms with Crippen LogP contribution in [0.25, 0.3) is 0 Å². The van der Waals surface area contributed by atoms with Crippen molar-refractivity contribution in [3.8, 4) is 0 Å². The molecular weight excluding hydrogens is 419 g/mol. The number of hydrogen-bond donors (Lipinski definition) is 2. The second-order valence-corrected chi connectivity index (χ2v) is 8.51. The number of nitrogens with zero attached hydrogens (tertiary/aromatic N) is 2. The third kappa shape index (κ3) is 11.5. The number of aliphatic imine (C=N–C) groups is 1. The Bertz CT molecular complexity index is 318. The minimum Gasteiger partial charge on any atom is -0.356 e. The van der Waals surface area contributed by atoms with Crippen molar-refractivity contribution in [2.24, 2.45) is 4.99 Å². The van der Waals surface area contributed by atoms with Gasteiger partial charge < -0.3 is 15.5 Å². The lowest BCUT2D eigenvalue weighted by Crippen LogP contribution is -2.43. The monoisotopic (exact) mass is 456 g/mol. The third-order valence-electron chi connectivity index (χ3n) is 4.23. The first-order valence-corrected chi connectivity index (χ1v) is 9.77. The van der Waals surface area contributed by atoms with Crippen molar-refractivity contribution in [1.82, 2.24) is 15.5 Å². The van der Waals surface area contributed by atoms with Crippen LogP contribution in [-0.4, -0.2) is 62.1 Å². The fourth-order valence-corrected chi connectivity index (χ4v) is 4.00. The zero-order chi connectivity index (χ0) is 16.3. The first-order valence-electron chi connectivity index (χ1n) is 8.79. The molecule has 1 saturated heterocycles. The molecule has 0 saturated carbocycles. The molecule has 0 amide bonds. The van der Waals surface area contributed by atoms with E-state index in [0.29, 0.717) is 4.75 Å². The van der Waals surface area contributed by atoms with Gasteiger partial charge in [0.05, 0.1) is 0 Å². The van der Waals surface area contributed by atoms with E-state index in [1.807, 2.05) is 7.05 Å². The second kappa shape index (κ2) is 13.6. The number of halogens is 1. The maximum Gasteiger partial charge on any atom is 0.191 e. The van der Waals surface area contributed by atoms with Crippen LogP contribution in [0.15, 0.2) is 4.99 Å². The minimum atomic E-state index is 0. The molecule has 1 aliphatic rings. The predicted molar refractivity (Wildman–Crippen MR) is 117 cm³/mol. The van der Waals surface area contributed by atoms with E-state index in [0.717, 1.165) is 19.0 Å². The predicted octanol–water partition coefficient (Wildman–Crippen LogP) is 3.57. The number of hydrogen-bond acceptors (Lipinski definition) is 3. The molecule has 6 heteroatoms. The van der Waals surface area contributed by atoms with Crippen molar-refractivity contribution in [2.75, 3.05) is 46.5 Å². The highest BCUT2D eigenvalue weighted by molar-refractivity contribution is 14.0. The van der Waals surface area contributed by atoms with Crippen LogP contribution in [0.5, 0.6) is 0 Å². The topological polar surface area (TPSA) is 39.7 Å². The second-order valence-electron chi connectivity index (χ2n) is 6.83. The normalized spacial score (nSPS) is 21.3. The van der Waals surface area contributed by atoms with Gasteiger partial charge in [-0.05, 0) is 59.0 Å². The van der Waals surface area contributed by atoms with Crippen LogP contribution in [0.1, 0.15) is 51.9 Å². The van der Waals surface area contributed by atoms with Crippen molar-refractivity contribution in [3.63, 3.8) is 0 Å². The Morgan fingerprint density at radius 2 is 1.83 bits per heavy atom. The van der Waals surface area contributed by atoms with Crippen molar-refractivity contribution >= 4 is 41.7 Å². The molecule has 138 valence electrons. The highest BCUT2D eigenvalue weighted by Gasteiger charge is 2.29. The molecule has 1 unspecified atom stereocenters. The molecule has 0 bridgehead atoms. The van der Waals surface area contributed by atoms with E-state index >= 15 is 0 Å². The Kier molecular flexibility index (Phi) is 13.8. The van der Waals surface area contributed by atoms with Crippen LogP contribution >= 0.6 is 35.7 Å². The van der Waals surface area contributed by atoms with Gasteiger partial charge in [0.1, 0.15) is 0 Å². The van der Waals surface area contributed by atoms with Gasteiger partial charge in [-0.2, -0.15) is 11.8 Å². The number of thioether (sulfide) groups is 1. The minimum absolute atomic E-state index is 0. The quantitative estimate of drug-likeness (QED) is 0.228. The Morgan fingerprint density at radius 1 is 1.13 bits per heavy atom. The van der Waals surface area contributed by atoms with Gasteiger partial charge >= 0.3 is 0 Å². The zero-order valence-electron chi connectivity index (χ0n) is 15.5. The van der Waals surface area contributed by atoms with E-state index in [9.17, 15) is 0 Å². The maximum absolute atomic E-state index is 4.33. The summed E-state index contributed by atoms with van der Waals surface area (Å²) in [5.74, 6) is 2.26. The largest absolute Gasteiger partial charge is 0.356 e. The van der Waals surface area contributed by atoms with E-state index in [1.165, 1.54) is 57.2 Å². The van der Waals surface area contributed by atoms with E-state index in [4.69, 9.17) is 0 Å². The Morgan fingerprint density at radius 3 is 2.43 bits per heavy atom. The molecule has 0 spiro atoms. The molecule has 1 rings (SSSR count). The van der Waals surface area contributed by atoms with Crippen molar-refractivity contribution in [2.45, 2.75) is 56.6 Å². The molecule has 2 N–H and O–H groups in total. The van der Waals surface area contributed by atoms with Crippen LogP contribution in [0.2, 0.25) is 0 Å². The van der Waals surface area contributed by atoms with Crippen LogP contribution in [0.3, 0.4) is 0 Å². The van der Waals surface area contributed by atoms with Gasteiger partial charge in [0, 0.05) is 24.9 Å². The van der Waals surface area contributed by atoms with Crippen molar-refractivity contribution < 1.29 is 0 Å². The smallest absolute Gasteiger partial charge is 0.191 e. The molecule has 1 aliphatic heterocycles. The molecule has 0 aromatic heterocycles.